The van der Waals surface area contributed by atoms with Crippen LogP contribution in [0.1, 0.15) is 45.6 Å². The van der Waals surface area contributed by atoms with Crippen molar-refractivity contribution in [3.63, 3.8) is 0 Å². The molecule has 0 saturated carbocycles. The summed E-state index contributed by atoms with van der Waals surface area (Å²) in [5.41, 5.74) is 1.03. The van der Waals surface area contributed by atoms with Gasteiger partial charge in [0.2, 0.25) is 5.91 Å². The van der Waals surface area contributed by atoms with Crippen molar-refractivity contribution in [2.45, 2.75) is 31.8 Å². The van der Waals surface area contributed by atoms with Crippen LogP contribution >= 0.6 is 11.3 Å². The van der Waals surface area contributed by atoms with Crippen LogP contribution in [0.2, 0.25) is 0 Å². The first-order valence-corrected chi connectivity index (χ1v) is 10.2. The van der Waals surface area contributed by atoms with Gasteiger partial charge in [-0.2, -0.15) is 0 Å². The van der Waals surface area contributed by atoms with Crippen LogP contribution in [0.15, 0.2) is 22.3 Å². The summed E-state index contributed by atoms with van der Waals surface area (Å²) in [4.78, 5) is 49.2. The molecule has 1 saturated heterocycles. The van der Waals surface area contributed by atoms with Crippen molar-refractivity contribution in [1.82, 2.24) is 19.8 Å². The molecule has 0 bridgehead atoms. The van der Waals surface area contributed by atoms with Crippen LogP contribution in [0.25, 0.3) is 0 Å². The van der Waals surface area contributed by atoms with E-state index in [9.17, 15) is 14.4 Å². The van der Waals surface area contributed by atoms with Crippen LogP contribution < -0.4 is 5.56 Å². The van der Waals surface area contributed by atoms with E-state index in [0.717, 1.165) is 18.5 Å². The third-order valence-corrected chi connectivity index (χ3v) is 6.12. The highest BCUT2D eigenvalue weighted by Gasteiger charge is 2.33. The van der Waals surface area contributed by atoms with E-state index in [1.165, 1.54) is 18.4 Å². The van der Waals surface area contributed by atoms with Gasteiger partial charge in [0.25, 0.3) is 11.5 Å². The average Bonchev–Trinajstić information content (AvgIpc) is 3.39. The minimum Gasteiger partial charge on any atom is -0.375 e. The molecular formula is C19H22N4O4S. The van der Waals surface area contributed by atoms with E-state index in [2.05, 4.69) is 9.97 Å². The zero-order valence-electron chi connectivity index (χ0n) is 15.6. The summed E-state index contributed by atoms with van der Waals surface area (Å²) in [6, 6.07) is 3.40. The highest BCUT2D eigenvalue weighted by Crippen LogP contribution is 2.30. The Bertz CT molecular complexity index is 940. The number of hydrogen-bond donors (Lipinski definition) is 1. The molecule has 28 heavy (non-hydrogen) atoms. The first-order valence-electron chi connectivity index (χ1n) is 9.31. The van der Waals surface area contributed by atoms with Gasteiger partial charge in [0.05, 0.1) is 28.7 Å². The monoisotopic (exact) mass is 402 g/mol. The number of thiophene rings is 1. The van der Waals surface area contributed by atoms with Gasteiger partial charge in [0.15, 0.2) is 0 Å². The number of nitrogens with one attached hydrogen (secondary N) is 1. The Kier molecular flexibility index (Phi) is 5.27. The van der Waals surface area contributed by atoms with Crippen LogP contribution in [0, 0.1) is 0 Å². The summed E-state index contributed by atoms with van der Waals surface area (Å²) < 4.78 is 4.96. The second-order valence-electron chi connectivity index (χ2n) is 7.01. The lowest BCUT2D eigenvalue weighted by atomic mass is 10.1. The fourth-order valence-corrected chi connectivity index (χ4v) is 4.58. The van der Waals surface area contributed by atoms with E-state index < -0.39 is 0 Å². The number of H-pyrrole nitrogens is 1. The Morgan fingerprint density at radius 2 is 2.25 bits per heavy atom. The van der Waals surface area contributed by atoms with Gasteiger partial charge in [-0.3, -0.25) is 14.4 Å². The standard InChI is InChI=1S/C19H22N4O4S/c1-27-11-16(24)23-7-2-4-14(23)17-20-13-6-8-22(10-12(13)18(25)21-17)19(26)15-5-3-9-28-15/h3,5,9,14H,2,4,6-8,10-11H2,1H3,(H,20,21,25)/t14-/m0/s1. The molecule has 0 unspecified atom stereocenters. The summed E-state index contributed by atoms with van der Waals surface area (Å²) in [5.74, 6) is 0.373. The van der Waals surface area contributed by atoms with Gasteiger partial charge in [-0.25, -0.2) is 4.98 Å². The first kappa shape index (κ1) is 18.8. The van der Waals surface area contributed by atoms with E-state index in [0.29, 0.717) is 35.8 Å². The van der Waals surface area contributed by atoms with Crippen molar-refractivity contribution in [3.05, 3.63) is 49.8 Å². The van der Waals surface area contributed by atoms with Gasteiger partial charge in [-0.1, -0.05) is 6.07 Å². The second kappa shape index (κ2) is 7.84. The topological polar surface area (TPSA) is 95.6 Å². The molecule has 0 aliphatic carbocycles. The van der Waals surface area contributed by atoms with Gasteiger partial charge in [0.1, 0.15) is 12.4 Å². The molecule has 1 atom stereocenters. The van der Waals surface area contributed by atoms with E-state index in [-0.39, 0.29) is 36.6 Å². The number of fused-ring (bicyclic) bond motifs is 1. The van der Waals surface area contributed by atoms with Gasteiger partial charge < -0.3 is 19.5 Å². The maximum absolute atomic E-state index is 12.7. The highest BCUT2D eigenvalue weighted by molar-refractivity contribution is 7.12. The Morgan fingerprint density at radius 3 is 3.00 bits per heavy atom. The van der Waals surface area contributed by atoms with Crippen molar-refractivity contribution in [1.29, 1.82) is 0 Å². The van der Waals surface area contributed by atoms with E-state index in [1.54, 1.807) is 15.9 Å². The van der Waals surface area contributed by atoms with Gasteiger partial charge in [0, 0.05) is 26.6 Å². The van der Waals surface area contributed by atoms with Crippen molar-refractivity contribution in [2.24, 2.45) is 0 Å². The lowest BCUT2D eigenvalue weighted by molar-refractivity contribution is -0.136. The zero-order valence-corrected chi connectivity index (χ0v) is 16.5. The van der Waals surface area contributed by atoms with E-state index in [4.69, 9.17) is 4.74 Å². The average molecular weight is 402 g/mol. The summed E-state index contributed by atoms with van der Waals surface area (Å²) in [5, 5.41) is 1.87. The summed E-state index contributed by atoms with van der Waals surface area (Å²) in [6.45, 7) is 1.44. The van der Waals surface area contributed by atoms with E-state index >= 15 is 0 Å². The third kappa shape index (κ3) is 3.47. The molecule has 2 amide bonds. The van der Waals surface area contributed by atoms with Gasteiger partial charge >= 0.3 is 0 Å². The second-order valence-corrected chi connectivity index (χ2v) is 7.96. The number of amides is 2. The number of ether oxygens (including phenoxy) is 1. The minimum absolute atomic E-state index is 0.0193. The van der Waals surface area contributed by atoms with Crippen LogP contribution in [0.4, 0.5) is 0 Å². The summed E-state index contributed by atoms with van der Waals surface area (Å²) >= 11 is 1.40. The fourth-order valence-electron chi connectivity index (χ4n) is 3.89. The number of likely N-dealkylation sites (tertiary alicyclic amines) is 1. The lowest BCUT2D eigenvalue weighted by Crippen LogP contribution is -2.40. The van der Waals surface area contributed by atoms with Gasteiger partial charge in [-0.05, 0) is 24.3 Å². The maximum atomic E-state index is 12.7. The smallest absolute Gasteiger partial charge is 0.264 e. The molecule has 4 heterocycles. The molecular weight excluding hydrogens is 380 g/mol. The lowest BCUT2D eigenvalue weighted by Gasteiger charge is -2.29. The summed E-state index contributed by atoms with van der Waals surface area (Å²) in [7, 11) is 1.49. The number of carbonyl (C=O) groups excluding carboxylic acids is 2. The van der Waals surface area contributed by atoms with Crippen molar-refractivity contribution in [3.8, 4) is 0 Å². The third-order valence-electron chi connectivity index (χ3n) is 5.26. The molecule has 0 aromatic carbocycles. The quantitative estimate of drug-likeness (QED) is 0.833. The number of hydrogen-bond acceptors (Lipinski definition) is 6. The molecule has 2 aliphatic heterocycles. The van der Waals surface area contributed by atoms with Crippen molar-refractivity contribution in [2.75, 3.05) is 26.8 Å². The first-order chi connectivity index (χ1) is 13.6. The van der Waals surface area contributed by atoms with Crippen LogP contribution in [-0.2, 0) is 22.5 Å². The molecule has 1 fully saturated rings. The molecule has 0 spiro atoms. The van der Waals surface area contributed by atoms with Crippen LogP contribution in [0.5, 0.6) is 0 Å². The molecule has 9 heteroatoms. The minimum atomic E-state index is -0.230. The largest absolute Gasteiger partial charge is 0.375 e. The van der Waals surface area contributed by atoms with Crippen LogP contribution in [0.3, 0.4) is 0 Å². The molecule has 0 radical (unpaired) electrons. The number of rotatable bonds is 4. The number of aromatic nitrogens is 2. The molecule has 148 valence electrons. The molecule has 2 aromatic rings. The Morgan fingerprint density at radius 1 is 1.39 bits per heavy atom. The molecule has 8 nitrogen and oxygen atoms in total. The van der Waals surface area contributed by atoms with Crippen LogP contribution in [-0.4, -0.2) is 58.4 Å². The fraction of sp³-hybridized carbons (Fsp3) is 0.474. The number of carbonyl (C=O) groups is 2. The van der Waals surface area contributed by atoms with Crippen molar-refractivity contribution < 1.29 is 14.3 Å². The number of nitrogens with zero attached hydrogens (tertiary/aromatic N) is 3. The van der Waals surface area contributed by atoms with Gasteiger partial charge in [-0.15, -0.1) is 11.3 Å². The normalized spacial score (nSPS) is 19.0. The summed E-state index contributed by atoms with van der Waals surface area (Å²) in [6.07, 6.45) is 2.16. The highest BCUT2D eigenvalue weighted by atomic mass is 32.1. The number of aromatic amines is 1. The Balaban J connectivity index is 1.57. The van der Waals surface area contributed by atoms with Crippen molar-refractivity contribution >= 4 is 23.2 Å². The molecule has 1 N–H and O–H groups in total. The maximum Gasteiger partial charge on any atom is 0.264 e. The predicted octanol–water partition coefficient (Wildman–Crippen LogP) is 1.34. The zero-order chi connectivity index (χ0) is 19.7. The Hall–Kier alpha value is -2.52. The molecule has 4 rings (SSSR count). The number of methoxy groups -OCH3 is 1. The predicted molar refractivity (Wildman–Crippen MR) is 103 cm³/mol. The van der Waals surface area contributed by atoms with E-state index in [1.807, 2.05) is 11.4 Å². The molecule has 2 aliphatic rings. The Labute approximate surface area is 166 Å². The molecule has 2 aromatic heterocycles. The SMILES string of the molecule is COCC(=O)N1CCC[C@H]1c1nc2c(c(=O)[nH]1)CN(C(=O)c1cccs1)CC2.